The lowest BCUT2D eigenvalue weighted by Crippen LogP contribution is -2.26. The molecule has 3 aromatic rings. The molecule has 0 saturated carbocycles. The molecule has 2 aromatic heterocycles. The van der Waals surface area contributed by atoms with E-state index in [-0.39, 0.29) is 17.0 Å². The van der Waals surface area contributed by atoms with E-state index in [4.69, 9.17) is 0 Å². The Kier molecular flexibility index (Phi) is 4.82. The van der Waals surface area contributed by atoms with Gasteiger partial charge in [-0.2, -0.15) is 0 Å². The smallest absolute Gasteiger partial charge is 0.252 e. The van der Waals surface area contributed by atoms with Crippen LogP contribution in [0, 0.1) is 6.92 Å². The highest BCUT2D eigenvalue weighted by molar-refractivity contribution is 7.92. The maximum atomic E-state index is 12.6. The first-order chi connectivity index (χ1) is 12.3. The number of amides is 1. The lowest BCUT2D eigenvalue weighted by atomic mass is 10.2. The standard InChI is InChI=1S/C19H21N3O3S/c1-13(2)26(24,25)17-9-5-4-8-16(17)19(23)20-11-15-12-22-10-6-7-14(3)18(22)21-15/h4-10,12-13H,11H2,1-3H3,(H,20,23). The lowest BCUT2D eigenvalue weighted by molar-refractivity contribution is 0.0947. The monoisotopic (exact) mass is 371 g/mol. The van der Waals surface area contributed by atoms with Crippen LogP contribution in [0.1, 0.15) is 35.5 Å². The molecule has 0 spiro atoms. The summed E-state index contributed by atoms with van der Waals surface area (Å²) in [5.41, 5.74) is 2.73. The van der Waals surface area contributed by atoms with Crippen molar-refractivity contribution in [1.29, 1.82) is 0 Å². The zero-order valence-corrected chi connectivity index (χ0v) is 15.7. The molecular weight excluding hydrogens is 350 g/mol. The molecule has 2 heterocycles. The van der Waals surface area contributed by atoms with Crippen LogP contribution in [-0.4, -0.2) is 29.0 Å². The average Bonchev–Trinajstić information content (AvgIpc) is 3.04. The molecule has 0 atom stereocenters. The molecule has 136 valence electrons. The molecule has 0 aliphatic carbocycles. The number of benzene rings is 1. The first kappa shape index (κ1) is 18.1. The van der Waals surface area contributed by atoms with Gasteiger partial charge in [0.2, 0.25) is 0 Å². The van der Waals surface area contributed by atoms with Gasteiger partial charge in [0.15, 0.2) is 9.84 Å². The fourth-order valence-electron chi connectivity index (χ4n) is 2.71. The number of pyridine rings is 1. The minimum atomic E-state index is -3.54. The fraction of sp³-hybridized carbons (Fsp3) is 0.263. The molecular formula is C19H21N3O3S. The maximum Gasteiger partial charge on any atom is 0.252 e. The molecule has 6 nitrogen and oxygen atoms in total. The summed E-state index contributed by atoms with van der Waals surface area (Å²) in [5.74, 6) is -0.432. The Balaban J connectivity index is 1.84. The Morgan fingerprint density at radius 2 is 1.92 bits per heavy atom. The van der Waals surface area contributed by atoms with Gasteiger partial charge in [0.05, 0.1) is 27.9 Å². The number of carbonyl (C=O) groups excluding carboxylic acids is 1. The number of fused-ring (bicyclic) bond motifs is 1. The number of rotatable bonds is 5. The van der Waals surface area contributed by atoms with E-state index in [1.807, 2.05) is 35.9 Å². The maximum absolute atomic E-state index is 12.6. The molecule has 0 unspecified atom stereocenters. The van der Waals surface area contributed by atoms with Gasteiger partial charge in [-0.05, 0) is 44.5 Å². The summed E-state index contributed by atoms with van der Waals surface area (Å²) >= 11 is 0. The highest BCUT2D eigenvalue weighted by atomic mass is 32.2. The number of hydrogen-bond acceptors (Lipinski definition) is 4. The minimum Gasteiger partial charge on any atom is -0.346 e. The van der Waals surface area contributed by atoms with E-state index in [9.17, 15) is 13.2 Å². The van der Waals surface area contributed by atoms with Crippen LogP contribution in [0.2, 0.25) is 0 Å². The molecule has 0 fully saturated rings. The average molecular weight is 371 g/mol. The number of sulfone groups is 1. The van der Waals surface area contributed by atoms with Crippen LogP contribution in [0.25, 0.3) is 5.65 Å². The number of carbonyl (C=O) groups is 1. The summed E-state index contributed by atoms with van der Waals surface area (Å²) in [4.78, 5) is 17.1. The van der Waals surface area contributed by atoms with Gasteiger partial charge in [0.25, 0.3) is 5.91 Å². The van der Waals surface area contributed by atoms with Crippen molar-refractivity contribution in [1.82, 2.24) is 14.7 Å². The zero-order valence-electron chi connectivity index (χ0n) is 14.9. The summed E-state index contributed by atoms with van der Waals surface area (Å²) in [5, 5.41) is 2.17. The number of aromatic nitrogens is 2. The number of nitrogens with zero attached hydrogens (tertiary/aromatic N) is 2. The number of nitrogens with one attached hydrogen (secondary N) is 1. The van der Waals surface area contributed by atoms with Crippen molar-refractivity contribution in [3.05, 3.63) is 65.6 Å². The molecule has 7 heteroatoms. The number of hydrogen-bond donors (Lipinski definition) is 1. The van der Waals surface area contributed by atoms with E-state index in [1.54, 1.807) is 26.0 Å². The Labute approximate surface area is 152 Å². The normalized spacial score (nSPS) is 11.8. The van der Waals surface area contributed by atoms with E-state index < -0.39 is 21.0 Å². The fourth-order valence-corrected chi connectivity index (χ4v) is 3.96. The van der Waals surface area contributed by atoms with Crippen molar-refractivity contribution in [3.8, 4) is 0 Å². The molecule has 0 bridgehead atoms. The van der Waals surface area contributed by atoms with Gasteiger partial charge in [0.1, 0.15) is 5.65 Å². The topological polar surface area (TPSA) is 80.5 Å². The third-order valence-electron chi connectivity index (χ3n) is 4.22. The van der Waals surface area contributed by atoms with E-state index in [1.165, 1.54) is 12.1 Å². The summed E-state index contributed by atoms with van der Waals surface area (Å²) in [6.45, 7) is 5.39. The van der Waals surface area contributed by atoms with Gasteiger partial charge < -0.3 is 9.72 Å². The SMILES string of the molecule is Cc1cccn2cc(CNC(=O)c3ccccc3S(=O)(=O)C(C)C)nc12. The highest BCUT2D eigenvalue weighted by Gasteiger charge is 2.25. The summed E-state index contributed by atoms with van der Waals surface area (Å²) in [7, 11) is -3.54. The van der Waals surface area contributed by atoms with E-state index in [2.05, 4.69) is 10.3 Å². The van der Waals surface area contributed by atoms with Crippen LogP contribution < -0.4 is 5.32 Å². The quantitative estimate of drug-likeness (QED) is 0.748. The van der Waals surface area contributed by atoms with Crippen molar-refractivity contribution in [2.24, 2.45) is 0 Å². The van der Waals surface area contributed by atoms with Gasteiger partial charge in [-0.1, -0.05) is 18.2 Å². The molecule has 1 amide bonds. The first-order valence-corrected chi connectivity index (χ1v) is 9.89. The van der Waals surface area contributed by atoms with E-state index in [0.717, 1.165) is 11.2 Å². The van der Waals surface area contributed by atoms with Crippen LogP contribution in [-0.2, 0) is 16.4 Å². The Morgan fingerprint density at radius 3 is 2.62 bits per heavy atom. The van der Waals surface area contributed by atoms with Crippen molar-refractivity contribution < 1.29 is 13.2 Å². The summed E-state index contributed by atoms with van der Waals surface area (Å²) in [6.07, 6.45) is 3.74. The summed E-state index contributed by atoms with van der Waals surface area (Å²) in [6, 6.07) is 10.2. The van der Waals surface area contributed by atoms with Crippen molar-refractivity contribution in [2.75, 3.05) is 0 Å². The van der Waals surface area contributed by atoms with E-state index in [0.29, 0.717) is 5.69 Å². The Morgan fingerprint density at radius 1 is 1.19 bits per heavy atom. The first-order valence-electron chi connectivity index (χ1n) is 8.35. The van der Waals surface area contributed by atoms with Crippen LogP contribution in [0.3, 0.4) is 0 Å². The van der Waals surface area contributed by atoms with Crippen LogP contribution >= 0.6 is 0 Å². The molecule has 1 aromatic carbocycles. The van der Waals surface area contributed by atoms with Gasteiger partial charge in [-0.3, -0.25) is 4.79 Å². The molecule has 1 N–H and O–H groups in total. The second-order valence-electron chi connectivity index (χ2n) is 6.43. The van der Waals surface area contributed by atoms with Gasteiger partial charge in [0, 0.05) is 12.4 Å². The van der Waals surface area contributed by atoms with Crippen LogP contribution in [0.5, 0.6) is 0 Å². The minimum absolute atomic E-state index is 0.0540. The van der Waals surface area contributed by atoms with Gasteiger partial charge in [-0.25, -0.2) is 13.4 Å². The number of aryl methyl sites for hydroxylation is 1. The second kappa shape index (κ2) is 6.92. The molecule has 0 aliphatic rings. The third kappa shape index (κ3) is 3.35. The Hall–Kier alpha value is -2.67. The molecule has 0 radical (unpaired) electrons. The number of imidazole rings is 1. The predicted molar refractivity (Wildman–Crippen MR) is 99.9 cm³/mol. The molecule has 0 saturated heterocycles. The molecule has 0 aliphatic heterocycles. The third-order valence-corrected chi connectivity index (χ3v) is 6.43. The van der Waals surface area contributed by atoms with Crippen LogP contribution in [0.15, 0.2) is 53.7 Å². The molecule has 26 heavy (non-hydrogen) atoms. The largest absolute Gasteiger partial charge is 0.346 e. The van der Waals surface area contributed by atoms with E-state index >= 15 is 0 Å². The Bertz CT molecular complexity index is 1070. The van der Waals surface area contributed by atoms with Gasteiger partial charge >= 0.3 is 0 Å². The summed E-state index contributed by atoms with van der Waals surface area (Å²) < 4.78 is 26.9. The lowest BCUT2D eigenvalue weighted by Gasteiger charge is -2.12. The van der Waals surface area contributed by atoms with Crippen molar-refractivity contribution in [2.45, 2.75) is 37.5 Å². The van der Waals surface area contributed by atoms with Crippen molar-refractivity contribution >= 4 is 21.4 Å². The van der Waals surface area contributed by atoms with Gasteiger partial charge in [-0.15, -0.1) is 0 Å². The molecule has 3 rings (SSSR count). The second-order valence-corrected chi connectivity index (χ2v) is 8.90. The predicted octanol–water partition coefficient (Wildman–Crippen LogP) is 2.75. The van der Waals surface area contributed by atoms with Crippen molar-refractivity contribution in [3.63, 3.8) is 0 Å². The van der Waals surface area contributed by atoms with Crippen LogP contribution in [0.4, 0.5) is 0 Å². The zero-order chi connectivity index (χ0) is 18.9. The highest BCUT2D eigenvalue weighted by Crippen LogP contribution is 2.20.